The fourth-order valence-corrected chi connectivity index (χ4v) is 2.39. The van der Waals surface area contributed by atoms with Crippen molar-refractivity contribution in [3.05, 3.63) is 52.7 Å². The SMILES string of the molecule is CCOc1cc(/C=C/C(=O)Nc2cccc(C)n2)cc(Cl)c1OC. The molecule has 1 amide bonds. The zero-order valence-corrected chi connectivity index (χ0v) is 14.6. The Bertz CT molecular complexity index is 760. The third-order valence-corrected chi connectivity index (χ3v) is 3.38. The standard InChI is InChI=1S/C18H19ClN2O3/c1-4-24-15-11-13(10-14(19)18(15)23-3)8-9-17(22)21-16-7-5-6-12(2)20-16/h5-11H,4H2,1-3H3,(H,20,21,22)/b9-8+. The molecule has 1 aromatic carbocycles. The Labute approximate surface area is 146 Å². The maximum absolute atomic E-state index is 12.0. The molecule has 0 bridgehead atoms. The van der Waals surface area contributed by atoms with E-state index in [0.717, 1.165) is 11.3 Å². The molecular weight excluding hydrogens is 328 g/mol. The lowest BCUT2D eigenvalue weighted by Gasteiger charge is -2.11. The van der Waals surface area contributed by atoms with Gasteiger partial charge in [0.1, 0.15) is 5.82 Å². The topological polar surface area (TPSA) is 60.5 Å². The number of methoxy groups -OCH3 is 1. The molecule has 1 heterocycles. The second-order valence-electron chi connectivity index (χ2n) is 4.95. The molecule has 6 heteroatoms. The van der Waals surface area contributed by atoms with Crippen molar-refractivity contribution in [1.29, 1.82) is 0 Å². The van der Waals surface area contributed by atoms with Crippen LogP contribution in [-0.2, 0) is 4.79 Å². The maximum atomic E-state index is 12.0. The molecule has 5 nitrogen and oxygen atoms in total. The van der Waals surface area contributed by atoms with Gasteiger partial charge in [-0.3, -0.25) is 4.79 Å². The van der Waals surface area contributed by atoms with E-state index in [1.54, 1.807) is 24.3 Å². The molecule has 1 N–H and O–H groups in total. The van der Waals surface area contributed by atoms with Crippen LogP contribution in [0.25, 0.3) is 6.08 Å². The highest BCUT2D eigenvalue weighted by molar-refractivity contribution is 6.32. The average molecular weight is 347 g/mol. The van der Waals surface area contributed by atoms with Gasteiger partial charge >= 0.3 is 0 Å². The lowest BCUT2D eigenvalue weighted by atomic mass is 10.2. The summed E-state index contributed by atoms with van der Waals surface area (Å²) in [4.78, 5) is 16.2. The first-order valence-electron chi connectivity index (χ1n) is 7.46. The van der Waals surface area contributed by atoms with E-state index in [4.69, 9.17) is 21.1 Å². The van der Waals surface area contributed by atoms with Gasteiger partial charge < -0.3 is 14.8 Å². The molecule has 24 heavy (non-hydrogen) atoms. The number of aryl methyl sites for hydroxylation is 1. The number of benzene rings is 1. The zero-order chi connectivity index (χ0) is 17.5. The van der Waals surface area contributed by atoms with Gasteiger partial charge in [0.25, 0.3) is 0 Å². The average Bonchev–Trinajstić information content (AvgIpc) is 2.53. The number of carbonyl (C=O) groups is 1. The van der Waals surface area contributed by atoms with Crippen molar-refractivity contribution in [3.8, 4) is 11.5 Å². The summed E-state index contributed by atoms with van der Waals surface area (Å²) in [5, 5.41) is 3.12. The number of hydrogen-bond acceptors (Lipinski definition) is 4. The van der Waals surface area contributed by atoms with Gasteiger partial charge in [-0.15, -0.1) is 0 Å². The quantitative estimate of drug-likeness (QED) is 0.800. The minimum absolute atomic E-state index is 0.280. The molecular formula is C18H19ClN2O3. The number of nitrogens with zero attached hydrogens (tertiary/aromatic N) is 1. The molecule has 0 atom stereocenters. The fourth-order valence-electron chi connectivity index (χ4n) is 2.10. The molecule has 126 valence electrons. The van der Waals surface area contributed by atoms with Crippen LogP contribution < -0.4 is 14.8 Å². The Hall–Kier alpha value is -2.53. The highest BCUT2D eigenvalue weighted by atomic mass is 35.5. The third-order valence-electron chi connectivity index (χ3n) is 3.10. The summed E-state index contributed by atoms with van der Waals surface area (Å²) in [6, 6.07) is 8.90. The van der Waals surface area contributed by atoms with E-state index in [1.165, 1.54) is 13.2 Å². The first-order chi connectivity index (χ1) is 11.5. The number of carbonyl (C=O) groups excluding carboxylic acids is 1. The monoisotopic (exact) mass is 346 g/mol. The summed E-state index contributed by atoms with van der Waals surface area (Å²) in [7, 11) is 1.53. The second-order valence-corrected chi connectivity index (χ2v) is 5.36. The molecule has 0 aliphatic carbocycles. The summed E-state index contributed by atoms with van der Waals surface area (Å²) < 4.78 is 10.7. The van der Waals surface area contributed by atoms with Crippen molar-refractivity contribution in [2.24, 2.45) is 0 Å². The molecule has 0 spiro atoms. The summed E-state index contributed by atoms with van der Waals surface area (Å²) in [6.07, 6.45) is 3.07. The number of pyridine rings is 1. The number of hydrogen-bond donors (Lipinski definition) is 1. The van der Waals surface area contributed by atoms with Crippen LogP contribution in [0.15, 0.2) is 36.4 Å². The second kappa shape index (κ2) is 8.36. The Morgan fingerprint density at radius 1 is 1.38 bits per heavy atom. The van der Waals surface area contributed by atoms with Crippen LogP contribution in [0.3, 0.4) is 0 Å². The van der Waals surface area contributed by atoms with E-state index >= 15 is 0 Å². The number of rotatable bonds is 6. The number of halogens is 1. The molecule has 0 saturated heterocycles. The molecule has 0 radical (unpaired) electrons. The number of ether oxygens (including phenoxy) is 2. The Kier molecular flexibility index (Phi) is 6.21. The fraction of sp³-hybridized carbons (Fsp3) is 0.222. The van der Waals surface area contributed by atoms with Gasteiger partial charge in [-0.25, -0.2) is 4.98 Å². The third kappa shape index (κ3) is 4.73. The van der Waals surface area contributed by atoms with Crippen molar-refractivity contribution in [2.45, 2.75) is 13.8 Å². The van der Waals surface area contributed by atoms with Crippen LogP contribution in [0.2, 0.25) is 5.02 Å². The Balaban J connectivity index is 2.14. The van der Waals surface area contributed by atoms with Crippen molar-refractivity contribution in [2.75, 3.05) is 19.0 Å². The van der Waals surface area contributed by atoms with Crippen LogP contribution in [-0.4, -0.2) is 24.6 Å². The largest absolute Gasteiger partial charge is 0.491 e. The van der Waals surface area contributed by atoms with Crippen molar-refractivity contribution < 1.29 is 14.3 Å². The van der Waals surface area contributed by atoms with Crippen LogP contribution in [0.4, 0.5) is 5.82 Å². The summed E-state index contributed by atoms with van der Waals surface area (Å²) in [6.45, 7) is 4.22. The number of anilines is 1. The first-order valence-corrected chi connectivity index (χ1v) is 7.84. The molecule has 0 saturated carbocycles. The Morgan fingerprint density at radius 3 is 2.83 bits per heavy atom. The van der Waals surface area contributed by atoms with Gasteiger partial charge in [-0.1, -0.05) is 17.7 Å². The normalized spacial score (nSPS) is 10.7. The minimum Gasteiger partial charge on any atom is -0.491 e. The molecule has 0 aliphatic heterocycles. The predicted octanol–water partition coefficient (Wildman–Crippen LogP) is 4.10. The molecule has 2 rings (SSSR count). The van der Waals surface area contributed by atoms with Crippen LogP contribution in [0, 0.1) is 6.92 Å². The number of aromatic nitrogens is 1. The maximum Gasteiger partial charge on any atom is 0.249 e. The highest BCUT2D eigenvalue weighted by Gasteiger charge is 2.10. The molecule has 0 aliphatic rings. The van der Waals surface area contributed by atoms with E-state index < -0.39 is 0 Å². The van der Waals surface area contributed by atoms with Gasteiger partial charge in [0, 0.05) is 11.8 Å². The van der Waals surface area contributed by atoms with Crippen LogP contribution in [0.5, 0.6) is 11.5 Å². The predicted molar refractivity (Wildman–Crippen MR) is 95.8 cm³/mol. The molecule has 2 aromatic rings. The lowest BCUT2D eigenvalue weighted by molar-refractivity contribution is -0.111. The van der Waals surface area contributed by atoms with Gasteiger partial charge in [0.05, 0.1) is 18.7 Å². The van der Waals surface area contributed by atoms with Gasteiger partial charge in [0.15, 0.2) is 11.5 Å². The van der Waals surface area contributed by atoms with Crippen molar-refractivity contribution in [3.63, 3.8) is 0 Å². The molecule has 1 aromatic heterocycles. The van der Waals surface area contributed by atoms with Crippen molar-refractivity contribution >= 4 is 29.4 Å². The van der Waals surface area contributed by atoms with Crippen molar-refractivity contribution in [1.82, 2.24) is 4.98 Å². The van der Waals surface area contributed by atoms with Crippen LogP contribution in [0.1, 0.15) is 18.2 Å². The van der Waals surface area contributed by atoms with E-state index in [2.05, 4.69) is 10.3 Å². The lowest BCUT2D eigenvalue weighted by Crippen LogP contribution is -2.09. The van der Waals surface area contributed by atoms with Gasteiger partial charge in [-0.2, -0.15) is 0 Å². The van der Waals surface area contributed by atoms with E-state index in [9.17, 15) is 4.79 Å². The van der Waals surface area contributed by atoms with Crippen LogP contribution >= 0.6 is 11.6 Å². The summed E-state index contributed by atoms with van der Waals surface area (Å²) in [5.41, 5.74) is 1.57. The van der Waals surface area contributed by atoms with E-state index in [1.807, 2.05) is 26.0 Å². The van der Waals surface area contributed by atoms with E-state index in [-0.39, 0.29) is 5.91 Å². The highest BCUT2D eigenvalue weighted by Crippen LogP contribution is 2.36. The molecule has 0 unspecified atom stereocenters. The first kappa shape index (κ1) is 17.8. The summed E-state index contributed by atoms with van der Waals surface area (Å²) >= 11 is 6.18. The number of amides is 1. The van der Waals surface area contributed by atoms with Gasteiger partial charge in [0.2, 0.25) is 5.91 Å². The zero-order valence-electron chi connectivity index (χ0n) is 13.8. The Morgan fingerprint density at radius 2 is 2.17 bits per heavy atom. The number of nitrogens with one attached hydrogen (secondary N) is 1. The van der Waals surface area contributed by atoms with Gasteiger partial charge in [-0.05, 0) is 49.8 Å². The smallest absolute Gasteiger partial charge is 0.249 e. The van der Waals surface area contributed by atoms with E-state index in [0.29, 0.717) is 28.9 Å². The minimum atomic E-state index is -0.280. The molecule has 0 fully saturated rings. The summed E-state index contributed by atoms with van der Waals surface area (Å²) in [5.74, 6) is 1.24.